The molecule has 0 saturated heterocycles. The van der Waals surface area contributed by atoms with E-state index in [1.807, 2.05) is 23.9 Å². The standard InChI is InChI=1S/C14H24N2OS/c1-4-9-17-13-7-5-12(6-8-13)14(16-15)10-18-11(2)3/h5-8,11,14,16H,4,9-10,15H2,1-3H3. The molecule has 1 atom stereocenters. The second kappa shape index (κ2) is 8.40. The van der Waals surface area contributed by atoms with Crippen molar-refractivity contribution in [2.24, 2.45) is 5.84 Å². The van der Waals surface area contributed by atoms with Gasteiger partial charge in [-0.2, -0.15) is 11.8 Å². The number of nitrogens with two attached hydrogens (primary N) is 1. The minimum atomic E-state index is 0.192. The highest BCUT2D eigenvalue weighted by molar-refractivity contribution is 7.99. The lowest BCUT2D eigenvalue weighted by molar-refractivity contribution is 0.317. The Bertz CT molecular complexity index is 327. The average Bonchev–Trinajstić information content (AvgIpc) is 2.38. The molecular formula is C14H24N2OS. The van der Waals surface area contributed by atoms with Crippen LogP contribution in [0.2, 0.25) is 0 Å². The molecule has 0 spiro atoms. The van der Waals surface area contributed by atoms with Crippen LogP contribution in [0.15, 0.2) is 24.3 Å². The van der Waals surface area contributed by atoms with Gasteiger partial charge in [-0.25, -0.2) is 0 Å². The predicted octanol–water partition coefficient (Wildman–Crippen LogP) is 3.12. The van der Waals surface area contributed by atoms with Crippen molar-refractivity contribution in [3.8, 4) is 5.75 Å². The van der Waals surface area contributed by atoms with Gasteiger partial charge in [0.1, 0.15) is 5.75 Å². The molecule has 1 unspecified atom stereocenters. The van der Waals surface area contributed by atoms with E-state index in [0.29, 0.717) is 5.25 Å². The molecule has 1 aromatic carbocycles. The van der Waals surface area contributed by atoms with Crippen molar-refractivity contribution in [2.45, 2.75) is 38.5 Å². The molecule has 0 aliphatic heterocycles. The molecule has 0 fully saturated rings. The molecule has 0 aliphatic rings. The van der Waals surface area contributed by atoms with Gasteiger partial charge in [-0.15, -0.1) is 0 Å². The monoisotopic (exact) mass is 268 g/mol. The highest BCUT2D eigenvalue weighted by atomic mass is 32.2. The lowest BCUT2D eigenvalue weighted by Crippen LogP contribution is -2.30. The summed E-state index contributed by atoms with van der Waals surface area (Å²) < 4.78 is 5.56. The molecular weight excluding hydrogens is 244 g/mol. The van der Waals surface area contributed by atoms with Gasteiger partial charge in [-0.3, -0.25) is 11.3 Å². The molecule has 0 aromatic heterocycles. The number of ether oxygens (including phenoxy) is 1. The number of rotatable bonds is 8. The molecule has 3 N–H and O–H groups in total. The first-order valence-electron chi connectivity index (χ1n) is 6.47. The van der Waals surface area contributed by atoms with E-state index in [0.717, 1.165) is 24.5 Å². The average molecular weight is 268 g/mol. The van der Waals surface area contributed by atoms with Crippen LogP contribution in [0, 0.1) is 0 Å². The first-order chi connectivity index (χ1) is 8.67. The molecule has 1 aromatic rings. The van der Waals surface area contributed by atoms with Gasteiger partial charge in [0.25, 0.3) is 0 Å². The maximum absolute atomic E-state index is 5.61. The molecule has 0 radical (unpaired) electrons. The Balaban J connectivity index is 2.57. The lowest BCUT2D eigenvalue weighted by Gasteiger charge is -2.17. The first-order valence-corrected chi connectivity index (χ1v) is 7.52. The molecule has 0 heterocycles. The number of hydrazine groups is 1. The van der Waals surface area contributed by atoms with Gasteiger partial charge in [0.2, 0.25) is 0 Å². The van der Waals surface area contributed by atoms with Crippen LogP contribution in [0.1, 0.15) is 38.8 Å². The van der Waals surface area contributed by atoms with Crippen LogP contribution in [0.5, 0.6) is 5.75 Å². The zero-order valence-electron chi connectivity index (χ0n) is 11.5. The van der Waals surface area contributed by atoms with Crippen molar-refractivity contribution in [3.05, 3.63) is 29.8 Å². The van der Waals surface area contributed by atoms with Crippen molar-refractivity contribution in [3.63, 3.8) is 0 Å². The van der Waals surface area contributed by atoms with Gasteiger partial charge in [-0.1, -0.05) is 32.9 Å². The molecule has 0 amide bonds. The number of hydrogen-bond donors (Lipinski definition) is 2. The summed E-state index contributed by atoms with van der Waals surface area (Å²) in [6, 6.07) is 8.37. The van der Waals surface area contributed by atoms with Gasteiger partial charge in [0, 0.05) is 5.75 Å². The molecule has 3 nitrogen and oxygen atoms in total. The SMILES string of the molecule is CCCOc1ccc(C(CSC(C)C)NN)cc1. The number of thioether (sulfide) groups is 1. The van der Waals surface area contributed by atoms with Crippen LogP contribution in [-0.4, -0.2) is 17.6 Å². The van der Waals surface area contributed by atoms with Gasteiger partial charge in [0.15, 0.2) is 0 Å². The van der Waals surface area contributed by atoms with E-state index in [-0.39, 0.29) is 6.04 Å². The normalized spacial score (nSPS) is 12.7. The maximum atomic E-state index is 5.61. The summed E-state index contributed by atoms with van der Waals surface area (Å²) in [5.74, 6) is 7.51. The second-order valence-corrected chi connectivity index (χ2v) is 6.13. The predicted molar refractivity (Wildman–Crippen MR) is 79.9 cm³/mol. The quantitative estimate of drug-likeness (QED) is 0.562. The third kappa shape index (κ3) is 5.29. The Morgan fingerprint density at radius 3 is 2.44 bits per heavy atom. The summed E-state index contributed by atoms with van der Waals surface area (Å²) >= 11 is 1.90. The van der Waals surface area contributed by atoms with Gasteiger partial charge >= 0.3 is 0 Å². The van der Waals surface area contributed by atoms with Gasteiger partial charge in [-0.05, 0) is 29.4 Å². The van der Waals surface area contributed by atoms with Crippen LogP contribution in [0.3, 0.4) is 0 Å². The van der Waals surface area contributed by atoms with Gasteiger partial charge in [0.05, 0.1) is 12.6 Å². The third-order valence-electron chi connectivity index (χ3n) is 2.55. The Kier molecular flexibility index (Phi) is 7.16. The largest absolute Gasteiger partial charge is 0.494 e. The van der Waals surface area contributed by atoms with E-state index in [1.54, 1.807) is 0 Å². The fourth-order valence-electron chi connectivity index (χ4n) is 1.55. The fourth-order valence-corrected chi connectivity index (χ4v) is 2.41. The molecule has 102 valence electrons. The highest BCUT2D eigenvalue weighted by Crippen LogP contribution is 2.22. The molecule has 0 saturated carbocycles. The van der Waals surface area contributed by atoms with Crippen LogP contribution < -0.4 is 16.0 Å². The zero-order chi connectivity index (χ0) is 13.4. The smallest absolute Gasteiger partial charge is 0.119 e. The minimum absolute atomic E-state index is 0.192. The lowest BCUT2D eigenvalue weighted by atomic mass is 10.1. The third-order valence-corrected chi connectivity index (χ3v) is 3.75. The topological polar surface area (TPSA) is 47.3 Å². The van der Waals surface area contributed by atoms with Crippen molar-refractivity contribution in [2.75, 3.05) is 12.4 Å². The van der Waals surface area contributed by atoms with Crippen molar-refractivity contribution < 1.29 is 4.74 Å². The minimum Gasteiger partial charge on any atom is -0.494 e. The van der Waals surface area contributed by atoms with E-state index >= 15 is 0 Å². The number of nitrogens with one attached hydrogen (secondary N) is 1. The Labute approximate surface area is 114 Å². The summed E-state index contributed by atoms with van der Waals surface area (Å²) in [7, 11) is 0. The van der Waals surface area contributed by atoms with Crippen molar-refractivity contribution in [1.82, 2.24) is 5.43 Å². The first kappa shape index (κ1) is 15.3. The highest BCUT2D eigenvalue weighted by Gasteiger charge is 2.10. The fraction of sp³-hybridized carbons (Fsp3) is 0.571. The summed E-state index contributed by atoms with van der Waals surface area (Å²) in [5.41, 5.74) is 4.08. The molecule has 0 bridgehead atoms. The van der Waals surface area contributed by atoms with E-state index in [9.17, 15) is 0 Å². The molecule has 0 aliphatic carbocycles. The summed E-state index contributed by atoms with van der Waals surface area (Å²) in [4.78, 5) is 0. The zero-order valence-corrected chi connectivity index (χ0v) is 12.3. The molecule has 18 heavy (non-hydrogen) atoms. The van der Waals surface area contributed by atoms with Crippen LogP contribution in [-0.2, 0) is 0 Å². The van der Waals surface area contributed by atoms with E-state index < -0.39 is 0 Å². The van der Waals surface area contributed by atoms with Crippen LogP contribution >= 0.6 is 11.8 Å². The molecule has 1 rings (SSSR count). The van der Waals surface area contributed by atoms with Crippen molar-refractivity contribution >= 4 is 11.8 Å². The van der Waals surface area contributed by atoms with E-state index in [1.165, 1.54) is 5.56 Å². The second-order valence-electron chi connectivity index (χ2n) is 4.52. The van der Waals surface area contributed by atoms with Crippen LogP contribution in [0.25, 0.3) is 0 Å². The van der Waals surface area contributed by atoms with Crippen molar-refractivity contribution in [1.29, 1.82) is 0 Å². The molecule has 4 heteroatoms. The Morgan fingerprint density at radius 1 is 1.28 bits per heavy atom. The number of benzene rings is 1. The number of hydrogen-bond acceptors (Lipinski definition) is 4. The Morgan fingerprint density at radius 2 is 1.94 bits per heavy atom. The van der Waals surface area contributed by atoms with Gasteiger partial charge < -0.3 is 4.74 Å². The van der Waals surface area contributed by atoms with Crippen LogP contribution in [0.4, 0.5) is 0 Å². The summed E-state index contributed by atoms with van der Waals surface area (Å²) in [6.07, 6.45) is 1.03. The Hall–Kier alpha value is -0.710. The summed E-state index contributed by atoms with van der Waals surface area (Å²) in [6.45, 7) is 7.26. The summed E-state index contributed by atoms with van der Waals surface area (Å²) in [5, 5.41) is 0.619. The van der Waals surface area contributed by atoms with E-state index in [2.05, 4.69) is 38.3 Å². The maximum Gasteiger partial charge on any atom is 0.119 e. The van der Waals surface area contributed by atoms with E-state index in [4.69, 9.17) is 10.6 Å².